The highest BCUT2D eigenvalue weighted by Crippen LogP contribution is 2.32. The molecule has 5 rings (SSSR count). The largest absolute Gasteiger partial charge is 0.482 e. The molecule has 2 N–H and O–H groups in total. The molecular weight excluding hydrogens is 616 g/mol. The maximum atomic E-state index is 13.1. The highest BCUT2D eigenvalue weighted by Gasteiger charge is 2.25. The van der Waals surface area contributed by atoms with Crippen LogP contribution in [-0.4, -0.2) is 47.6 Å². The number of sulfone groups is 1. The lowest BCUT2D eigenvalue weighted by Gasteiger charge is -2.32. The SMILES string of the molecule is O=[N+]([O-])c1cc([C@@H](O)CN(Cc2ccccc2)[C@H](CO)Cc2ccc(S(=O)(=O)c3ccccc3)cc2)ccc1OCc1ccccc1. The molecule has 0 aliphatic rings. The third kappa shape index (κ3) is 8.69. The number of nitro groups is 1. The van der Waals surface area contributed by atoms with Gasteiger partial charge in [0.1, 0.15) is 6.61 Å². The third-order valence-electron chi connectivity index (χ3n) is 7.92. The van der Waals surface area contributed by atoms with Gasteiger partial charge in [0, 0.05) is 25.2 Å². The summed E-state index contributed by atoms with van der Waals surface area (Å²) in [4.78, 5) is 13.7. The van der Waals surface area contributed by atoms with Crippen LogP contribution in [0.25, 0.3) is 0 Å². The number of benzene rings is 5. The van der Waals surface area contributed by atoms with E-state index >= 15 is 0 Å². The topological polar surface area (TPSA) is 130 Å². The second kappa shape index (κ2) is 15.6. The summed E-state index contributed by atoms with van der Waals surface area (Å²) in [6.45, 7) is 0.383. The van der Waals surface area contributed by atoms with Gasteiger partial charge >= 0.3 is 5.69 Å². The molecule has 0 unspecified atom stereocenters. The Bertz CT molecular complexity index is 1850. The second-order valence-corrected chi connectivity index (χ2v) is 13.1. The summed E-state index contributed by atoms with van der Waals surface area (Å²) in [5.41, 5.74) is 2.72. The highest BCUT2D eigenvalue weighted by molar-refractivity contribution is 7.91. The van der Waals surface area contributed by atoms with Crippen molar-refractivity contribution in [2.75, 3.05) is 13.2 Å². The average molecular weight is 653 g/mol. The van der Waals surface area contributed by atoms with E-state index < -0.39 is 26.9 Å². The monoisotopic (exact) mass is 652 g/mol. The molecule has 0 amide bonds. The van der Waals surface area contributed by atoms with Crippen LogP contribution in [0.4, 0.5) is 5.69 Å². The number of hydrogen-bond acceptors (Lipinski definition) is 8. The Balaban J connectivity index is 1.35. The molecule has 0 spiro atoms. The smallest absolute Gasteiger partial charge is 0.311 e. The first-order chi connectivity index (χ1) is 22.7. The number of rotatable bonds is 15. The van der Waals surface area contributed by atoms with Crippen molar-refractivity contribution in [3.05, 3.63) is 166 Å². The van der Waals surface area contributed by atoms with Gasteiger partial charge in [0.15, 0.2) is 5.75 Å². The van der Waals surface area contributed by atoms with Crippen molar-refractivity contribution < 1.29 is 28.3 Å². The van der Waals surface area contributed by atoms with Gasteiger partial charge in [-0.3, -0.25) is 15.0 Å². The number of nitrogens with zero attached hydrogens (tertiary/aromatic N) is 2. The van der Waals surface area contributed by atoms with E-state index in [1.165, 1.54) is 12.1 Å². The Morgan fingerprint density at radius 3 is 1.91 bits per heavy atom. The molecule has 2 atom stereocenters. The van der Waals surface area contributed by atoms with Crippen LogP contribution < -0.4 is 4.74 Å². The number of hydrogen-bond donors (Lipinski definition) is 2. The summed E-state index contributed by atoms with van der Waals surface area (Å²) in [6, 6.07) is 37.7. The lowest BCUT2D eigenvalue weighted by atomic mass is 10.0. The van der Waals surface area contributed by atoms with Crippen LogP contribution in [0.5, 0.6) is 5.75 Å². The van der Waals surface area contributed by atoms with Crippen molar-refractivity contribution in [2.45, 2.75) is 41.5 Å². The van der Waals surface area contributed by atoms with E-state index in [1.807, 2.05) is 65.6 Å². The first-order valence-electron chi connectivity index (χ1n) is 15.2. The number of nitro benzene ring substituents is 1. The van der Waals surface area contributed by atoms with E-state index in [1.54, 1.807) is 60.7 Å². The van der Waals surface area contributed by atoms with E-state index in [0.29, 0.717) is 18.5 Å². The Morgan fingerprint density at radius 1 is 0.745 bits per heavy atom. The summed E-state index contributed by atoms with van der Waals surface area (Å²) in [6.07, 6.45) is -0.748. The third-order valence-corrected chi connectivity index (χ3v) is 9.71. The van der Waals surface area contributed by atoms with Gasteiger partial charge in [0.05, 0.1) is 27.4 Å². The molecule has 5 aromatic carbocycles. The summed E-state index contributed by atoms with van der Waals surface area (Å²) in [5.74, 6) is 0.0990. The molecule has 0 saturated heterocycles. The van der Waals surface area contributed by atoms with Crippen LogP contribution in [0.2, 0.25) is 0 Å². The molecule has 0 bridgehead atoms. The van der Waals surface area contributed by atoms with Crippen molar-refractivity contribution in [1.82, 2.24) is 4.90 Å². The van der Waals surface area contributed by atoms with Gasteiger partial charge < -0.3 is 14.9 Å². The molecule has 0 aliphatic heterocycles. The fourth-order valence-corrected chi connectivity index (χ4v) is 6.63. The van der Waals surface area contributed by atoms with Gasteiger partial charge in [0.2, 0.25) is 9.84 Å². The maximum Gasteiger partial charge on any atom is 0.311 e. The molecule has 242 valence electrons. The van der Waals surface area contributed by atoms with Gasteiger partial charge in [-0.25, -0.2) is 8.42 Å². The Labute approximate surface area is 274 Å². The second-order valence-electron chi connectivity index (χ2n) is 11.2. The van der Waals surface area contributed by atoms with E-state index in [0.717, 1.165) is 16.7 Å². The Hall–Kier alpha value is -4.87. The lowest BCUT2D eigenvalue weighted by Crippen LogP contribution is -2.41. The van der Waals surface area contributed by atoms with Crippen LogP contribution in [0.1, 0.15) is 28.4 Å². The molecule has 0 fully saturated rings. The molecule has 0 saturated carbocycles. The minimum absolute atomic E-state index is 0.0714. The van der Waals surface area contributed by atoms with Crippen LogP contribution in [0.15, 0.2) is 143 Å². The molecule has 0 aliphatic carbocycles. The van der Waals surface area contributed by atoms with Crippen molar-refractivity contribution in [3.63, 3.8) is 0 Å². The van der Waals surface area contributed by atoms with E-state index in [2.05, 4.69) is 0 Å². The van der Waals surface area contributed by atoms with Crippen LogP contribution >= 0.6 is 0 Å². The van der Waals surface area contributed by atoms with Gasteiger partial charge in [-0.15, -0.1) is 0 Å². The average Bonchev–Trinajstić information content (AvgIpc) is 3.10. The van der Waals surface area contributed by atoms with Crippen molar-refractivity contribution in [1.29, 1.82) is 0 Å². The summed E-state index contributed by atoms with van der Waals surface area (Å²) in [7, 11) is -3.67. The fourth-order valence-electron chi connectivity index (χ4n) is 5.35. The summed E-state index contributed by atoms with van der Waals surface area (Å²) in [5, 5.41) is 33.9. The molecule has 0 radical (unpaired) electrons. The minimum Gasteiger partial charge on any atom is -0.482 e. The van der Waals surface area contributed by atoms with Crippen LogP contribution in [-0.2, 0) is 29.4 Å². The standard InChI is InChI=1S/C37H36N2O7S/c40-26-32(22-28-16-19-34(20-17-28)47(44,45)33-14-8-3-9-15-33)38(24-29-10-4-1-5-11-29)25-36(41)31-18-21-37(35(23-31)39(42)43)46-27-30-12-6-2-7-13-30/h1-21,23,32,36,40-41H,22,24-27H2/t32-,36-/m0/s1. The molecule has 0 aromatic heterocycles. The summed E-state index contributed by atoms with van der Waals surface area (Å²) < 4.78 is 31.9. The van der Waals surface area contributed by atoms with E-state index in [9.17, 15) is 28.7 Å². The highest BCUT2D eigenvalue weighted by atomic mass is 32.2. The minimum atomic E-state index is -3.67. The van der Waals surface area contributed by atoms with E-state index in [4.69, 9.17) is 4.74 Å². The van der Waals surface area contributed by atoms with Crippen molar-refractivity contribution in [3.8, 4) is 5.75 Å². The molecule has 10 heteroatoms. The molecule has 9 nitrogen and oxygen atoms in total. The zero-order valence-corrected chi connectivity index (χ0v) is 26.4. The predicted molar refractivity (Wildman–Crippen MR) is 179 cm³/mol. The Morgan fingerprint density at radius 2 is 1.32 bits per heavy atom. The zero-order chi connectivity index (χ0) is 33.2. The molecule has 5 aromatic rings. The Kier molecular flexibility index (Phi) is 11.1. The van der Waals surface area contributed by atoms with Crippen molar-refractivity contribution >= 4 is 15.5 Å². The normalized spacial score (nSPS) is 12.8. The number of ether oxygens (including phenoxy) is 1. The van der Waals surface area contributed by atoms with Gasteiger partial charge in [-0.2, -0.15) is 0 Å². The number of aliphatic hydroxyl groups excluding tert-OH is 2. The quantitative estimate of drug-likeness (QED) is 0.102. The van der Waals surface area contributed by atoms with Crippen molar-refractivity contribution in [2.24, 2.45) is 0 Å². The zero-order valence-electron chi connectivity index (χ0n) is 25.6. The van der Waals surface area contributed by atoms with Gasteiger partial charge in [0.25, 0.3) is 0 Å². The van der Waals surface area contributed by atoms with Crippen LogP contribution in [0, 0.1) is 10.1 Å². The molecule has 0 heterocycles. The van der Waals surface area contributed by atoms with Gasteiger partial charge in [-0.05, 0) is 59.0 Å². The molecule has 47 heavy (non-hydrogen) atoms. The maximum absolute atomic E-state index is 13.1. The predicted octanol–water partition coefficient (Wildman–Crippen LogP) is 6.15. The van der Waals surface area contributed by atoms with E-state index in [-0.39, 0.29) is 41.0 Å². The first-order valence-corrected chi connectivity index (χ1v) is 16.6. The number of aliphatic hydroxyl groups is 2. The molecular formula is C37H36N2O7S. The summed E-state index contributed by atoms with van der Waals surface area (Å²) >= 11 is 0. The van der Waals surface area contributed by atoms with Crippen LogP contribution in [0.3, 0.4) is 0 Å². The fraction of sp³-hybridized carbons (Fsp3) is 0.189. The van der Waals surface area contributed by atoms with Gasteiger partial charge in [-0.1, -0.05) is 97.1 Å². The first kappa shape index (κ1) is 33.5. The lowest BCUT2D eigenvalue weighted by molar-refractivity contribution is -0.386.